The monoisotopic (exact) mass is 345 g/mol. The van der Waals surface area contributed by atoms with Crippen LogP contribution in [-0.4, -0.2) is 14.9 Å². The van der Waals surface area contributed by atoms with Gasteiger partial charge in [0.1, 0.15) is 0 Å². The summed E-state index contributed by atoms with van der Waals surface area (Å²) in [6.07, 6.45) is -2.87. The van der Waals surface area contributed by atoms with Crippen LogP contribution in [0.3, 0.4) is 0 Å². The molecule has 0 aliphatic rings. The molecular weight excluding hydrogens is 331 g/mol. The second-order valence-corrected chi connectivity index (χ2v) is 5.50. The van der Waals surface area contributed by atoms with E-state index in [1.165, 1.54) is 18.3 Å². The summed E-state index contributed by atoms with van der Waals surface area (Å²) in [4.78, 5) is 4.34. The fraction of sp³-hybridized carbons (Fsp3) is 0.111. The Hall–Kier alpha value is -3.09. The Morgan fingerprint density at radius 1 is 1.00 bits per heavy atom. The molecular formula is C18H14F3N3O. The maximum Gasteiger partial charge on any atom is 0.416 e. The number of hydrogen-bond acceptors (Lipinski definition) is 3. The van der Waals surface area contributed by atoms with Crippen molar-refractivity contribution in [3.8, 4) is 11.3 Å². The van der Waals surface area contributed by atoms with Gasteiger partial charge < -0.3 is 5.21 Å². The van der Waals surface area contributed by atoms with Crippen molar-refractivity contribution >= 4 is 0 Å². The van der Waals surface area contributed by atoms with Crippen molar-refractivity contribution in [3.63, 3.8) is 0 Å². The zero-order valence-corrected chi connectivity index (χ0v) is 13.0. The second-order valence-electron chi connectivity index (χ2n) is 5.50. The van der Waals surface area contributed by atoms with Gasteiger partial charge in [-0.2, -0.15) is 17.9 Å². The van der Waals surface area contributed by atoms with Gasteiger partial charge in [-0.15, -0.1) is 0 Å². The van der Waals surface area contributed by atoms with E-state index in [4.69, 9.17) is 5.41 Å². The molecule has 1 aromatic heterocycles. The van der Waals surface area contributed by atoms with Crippen molar-refractivity contribution in [2.75, 3.05) is 0 Å². The molecule has 2 N–H and O–H groups in total. The van der Waals surface area contributed by atoms with Gasteiger partial charge >= 0.3 is 6.18 Å². The Labute approximate surface area is 141 Å². The van der Waals surface area contributed by atoms with Crippen LogP contribution >= 0.6 is 0 Å². The molecule has 3 rings (SSSR count). The largest absolute Gasteiger partial charge is 0.427 e. The first-order valence-corrected chi connectivity index (χ1v) is 7.42. The maximum absolute atomic E-state index is 12.7. The molecule has 0 amide bonds. The molecule has 2 aromatic carbocycles. The average molecular weight is 345 g/mol. The number of rotatable bonds is 3. The number of nitrogens with one attached hydrogen (secondary N) is 1. The quantitative estimate of drug-likeness (QED) is 0.708. The first-order valence-electron chi connectivity index (χ1n) is 7.42. The van der Waals surface area contributed by atoms with Crippen LogP contribution in [-0.2, 0) is 12.6 Å². The minimum Gasteiger partial charge on any atom is -0.427 e. The van der Waals surface area contributed by atoms with E-state index in [1.54, 1.807) is 0 Å². The van der Waals surface area contributed by atoms with Gasteiger partial charge in [0.05, 0.1) is 23.1 Å². The van der Waals surface area contributed by atoms with Crippen molar-refractivity contribution < 1.29 is 18.4 Å². The zero-order valence-electron chi connectivity index (χ0n) is 13.0. The van der Waals surface area contributed by atoms with Crippen LogP contribution in [0.2, 0.25) is 0 Å². The smallest absolute Gasteiger partial charge is 0.416 e. The SMILES string of the molecule is N=c1c(Cc2ccccc2)nc(-c2ccc(C(F)(F)F)cc2)cn1O. The van der Waals surface area contributed by atoms with Crippen LogP contribution in [0.25, 0.3) is 11.3 Å². The summed E-state index contributed by atoms with van der Waals surface area (Å²) in [6, 6.07) is 13.8. The second kappa shape index (κ2) is 6.43. The van der Waals surface area contributed by atoms with Crippen LogP contribution in [0.1, 0.15) is 16.8 Å². The normalized spacial score (nSPS) is 11.5. The third-order valence-electron chi connectivity index (χ3n) is 3.72. The van der Waals surface area contributed by atoms with Gasteiger partial charge in [0.25, 0.3) is 0 Å². The summed E-state index contributed by atoms with van der Waals surface area (Å²) in [5, 5.41) is 17.8. The van der Waals surface area contributed by atoms with Gasteiger partial charge in [0.2, 0.25) is 0 Å². The molecule has 0 aliphatic carbocycles. The molecule has 0 atom stereocenters. The highest BCUT2D eigenvalue weighted by molar-refractivity contribution is 5.58. The van der Waals surface area contributed by atoms with Gasteiger partial charge in [-0.25, -0.2) is 4.98 Å². The molecule has 0 bridgehead atoms. The van der Waals surface area contributed by atoms with E-state index in [0.29, 0.717) is 22.4 Å². The molecule has 0 saturated carbocycles. The van der Waals surface area contributed by atoms with Crippen molar-refractivity contribution in [1.29, 1.82) is 5.41 Å². The molecule has 7 heteroatoms. The lowest BCUT2D eigenvalue weighted by Gasteiger charge is -2.10. The van der Waals surface area contributed by atoms with E-state index >= 15 is 0 Å². The fourth-order valence-electron chi connectivity index (χ4n) is 2.42. The van der Waals surface area contributed by atoms with Crippen molar-refractivity contribution in [3.05, 3.63) is 83.1 Å². The van der Waals surface area contributed by atoms with Crippen LogP contribution < -0.4 is 5.49 Å². The van der Waals surface area contributed by atoms with Gasteiger partial charge in [0, 0.05) is 12.0 Å². The van der Waals surface area contributed by atoms with Crippen LogP contribution in [0, 0.1) is 5.41 Å². The minimum atomic E-state index is -4.41. The average Bonchev–Trinajstić information content (AvgIpc) is 2.59. The summed E-state index contributed by atoms with van der Waals surface area (Å²) in [7, 11) is 0. The van der Waals surface area contributed by atoms with Crippen molar-refractivity contribution in [2.24, 2.45) is 0 Å². The Morgan fingerprint density at radius 3 is 2.24 bits per heavy atom. The molecule has 0 spiro atoms. The predicted molar refractivity (Wildman–Crippen MR) is 85.0 cm³/mol. The molecule has 25 heavy (non-hydrogen) atoms. The first kappa shape index (κ1) is 16.8. The summed E-state index contributed by atoms with van der Waals surface area (Å²) in [5.41, 5.74) is 1.02. The van der Waals surface area contributed by atoms with E-state index in [9.17, 15) is 18.4 Å². The summed E-state index contributed by atoms with van der Waals surface area (Å²) in [5.74, 6) is 0. The molecule has 128 valence electrons. The zero-order chi connectivity index (χ0) is 18.0. The number of aromatic nitrogens is 2. The Balaban J connectivity index is 1.99. The summed E-state index contributed by atoms with van der Waals surface area (Å²) >= 11 is 0. The van der Waals surface area contributed by atoms with E-state index in [0.717, 1.165) is 17.7 Å². The lowest BCUT2D eigenvalue weighted by atomic mass is 10.1. The highest BCUT2D eigenvalue weighted by Gasteiger charge is 2.30. The lowest BCUT2D eigenvalue weighted by molar-refractivity contribution is -0.137. The number of benzene rings is 2. The first-order chi connectivity index (χ1) is 11.8. The molecule has 0 radical (unpaired) electrons. The topological polar surface area (TPSA) is 61.9 Å². The third-order valence-corrected chi connectivity index (χ3v) is 3.72. The standard InChI is InChI=1S/C18H14F3N3O/c19-18(20,21)14-8-6-13(7-9-14)16-11-24(25)17(22)15(23-16)10-12-4-2-1-3-5-12/h1-9,11,22,25H,10H2. The van der Waals surface area contributed by atoms with Crippen molar-refractivity contribution in [1.82, 2.24) is 9.71 Å². The fourth-order valence-corrected chi connectivity index (χ4v) is 2.42. The third kappa shape index (κ3) is 3.71. The number of halogens is 3. The van der Waals surface area contributed by atoms with E-state index < -0.39 is 11.7 Å². The van der Waals surface area contributed by atoms with Crippen molar-refractivity contribution in [2.45, 2.75) is 12.6 Å². The van der Waals surface area contributed by atoms with E-state index in [-0.39, 0.29) is 11.2 Å². The van der Waals surface area contributed by atoms with Gasteiger partial charge in [0.15, 0.2) is 5.49 Å². The van der Waals surface area contributed by atoms with E-state index in [2.05, 4.69) is 4.98 Å². The van der Waals surface area contributed by atoms with Crippen LogP contribution in [0.15, 0.2) is 60.8 Å². The number of alkyl halides is 3. The molecule has 3 aromatic rings. The van der Waals surface area contributed by atoms with E-state index in [1.807, 2.05) is 30.3 Å². The molecule has 1 heterocycles. The van der Waals surface area contributed by atoms with Gasteiger partial charge in [-0.05, 0) is 17.7 Å². The Bertz CT molecular complexity index is 933. The maximum atomic E-state index is 12.7. The van der Waals surface area contributed by atoms with Crippen LogP contribution in [0.5, 0.6) is 0 Å². The summed E-state index contributed by atoms with van der Waals surface area (Å²) < 4.78 is 38.6. The molecule has 0 saturated heterocycles. The predicted octanol–water partition coefficient (Wildman–Crippen LogP) is 3.88. The minimum absolute atomic E-state index is 0.167. The van der Waals surface area contributed by atoms with Gasteiger partial charge in [-0.3, -0.25) is 5.41 Å². The highest BCUT2D eigenvalue weighted by Crippen LogP contribution is 2.30. The molecule has 0 unspecified atom stereocenters. The highest BCUT2D eigenvalue weighted by atomic mass is 19.4. The van der Waals surface area contributed by atoms with Gasteiger partial charge in [-0.1, -0.05) is 42.5 Å². The molecule has 0 fully saturated rings. The lowest BCUT2D eigenvalue weighted by Crippen LogP contribution is -2.24. The number of nitrogens with zero attached hydrogens (tertiary/aromatic N) is 2. The molecule has 0 aliphatic heterocycles. The van der Waals surface area contributed by atoms with Crippen LogP contribution in [0.4, 0.5) is 13.2 Å². The summed E-state index contributed by atoms with van der Waals surface area (Å²) in [6.45, 7) is 0. The Morgan fingerprint density at radius 2 is 1.64 bits per heavy atom. The Kier molecular flexibility index (Phi) is 4.31. The number of hydrogen-bond donors (Lipinski definition) is 2. The molecule has 4 nitrogen and oxygen atoms in total.